The zero-order valence-corrected chi connectivity index (χ0v) is 32.6. The SMILES string of the molecule is C(=N[C@@H]1CCCC[C@H]1N=Cc1ccccc1P(c1ccccc1)c1ccccc1)c1ccccc1P(c1ccccc1)c1ccccc1.[Cl-].[Cl-].[Fe+2]. The summed E-state index contributed by atoms with van der Waals surface area (Å²) < 4.78 is 0. The molecule has 6 aromatic rings. The first kappa shape index (κ1) is 40.4. The maximum Gasteiger partial charge on any atom is 2.00 e. The van der Waals surface area contributed by atoms with Crippen LogP contribution >= 0.6 is 15.8 Å². The van der Waals surface area contributed by atoms with E-state index < -0.39 is 15.8 Å². The van der Waals surface area contributed by atoms with E-state index in [4.69, 9.17) is 9.98 Å². The monoisotopic (exact) mass is 784 g/mol. The summed E-state index contributed by atoms with van der Waals surface area (Å²) in [5, 5.41) is 8.09. The topological polar surface area (TPSA) is 24.7 Å². The molecule has 2 nitrogen and oxygen atoms in total. The summed E-state index contributed by atoms with van der Waals surface area (Å²) in [6, 6.07) is 61.7. The van der Waals surface area contributed by atoms with Gasteiger partial charge in [0.15, 0.2) is 0 Å². The summed E-state index contributed by atoms with van der Waals surface area (Å²) in [6.45, 7) is 0. The van der Waals surface area contributed by atoms with Crippen molar-refractivity contribution in [3.8, 4) is 0 Å². The molecule has 2 atom stereocenters. The van der Waals surface area contributed by atoms with E-state index >= 15 is 0 Å². The predicted molar refractivity (Wildman–Crippen MR) is 212 cm³/mol. The number of nitrogens with zero attached hydrogens (tertiary/aromatic N) is 2. The third-order valence-electron chi connectivity index (χ3n) is 8.92. The van der Waals surface area contributed by atoms with Gasteiger partial charge in [0.1, 0.15) is 0 Å². The van der Waals surface area contributed by atoms with Crippen molar-refractivity contribution in [2.45, 2.75) is 37.8 Å². The molecule has 1 aliphatic carbocycles. The van der Waals surface area contributed by atoms with E-state index in [1.807, 2.05) is 0 Å². The van der Waals surface area contributed by atoms with E-state index in [2.05, 4.69) is 182 Å². The molecule has 0 bridgehead atoms. The zero-order chi connectivity index (χ0) is 32.4. The molecule has 51 heavy (non-hydrogen) atoms. The summed E-state index contributed by atoms with van der Waals surface area (Å²) in [5.74, 6) is 0. The van der Waals surface area contributed by atoms with Crippen LogP contribution in [-0.4, -0.2) is 24.5 Å². The van der Waals surface area contributed by atoms with Crippen LogP contribution in [0.25, 0.3) is 0 Å². The van der Waals surface area contributed by atoms with Crippen molar-refractivity contribution in [3.05, 3.63) is 181 Å². The maximum atomic E-state index is 5.31. The zero-order valence-electron chi connectivity index (χ0n) is 28.2. The largest absolute Gasteiger partial charge is 2.00 e. The van der Waals surface area contributed by atoms with Gasteiger partial charge in [0.05, 0.1) is 12.1 Å². The molecule has 0 spiro atoms. The Balaban J connectivity index is 0.00000194. The standard InChI is InChI=1S/C44H40N2P2.2ClH.Fe/c1-5-21-37(22-6-1)47(38-23-7-2-8-24-38)43-31-17-13-19-35(43)33-45-41-29-15-16-30-42(41)46-34-36-20-14-18-32-44(36)48(39-25-9-3-10-26-39)40-27-11-4-12-28-40;;;/h1-14,17-28,31-34,41-42H,15-16,29-30H2;2*1H;/q;;;+2/p-2/t41-,42-;;;/m1.../s1. The van der Waals surface area contributed by atoms with E-state index in [-0.39, 0.29) is 54.0 Å². The van der Waals surface area contributed by atoms with E-state index in [9.17, 15) is 0 Å². The molecule has 0 unspecified atom stereocenters. The molecule has 0 saturated heterocycles. The summed E-state index contributed by atoms with van der Waals surface area (Å²) in [5.41, 5.74) is 2.40. The molecule has 0 aromatic heterocycles. The summed E-state index contributed by atoms with van der Waals surface area (Å²) >= 11 is 0. The van der Waals surface area contributed by atoms with Crippen molar-refractivity contribution >= 4 is 60.1 Å². The molecule has 1 aliphatic rings. The average Bonchev–Trinajstić information content (AvgIpc) is 3.16. The molecule has 0 heterocycles. The first-order valence-corrected chi connectivity index (χ1v) is 19.6. The summed E-state index contributed by atoms with van der Waals surface area (Å²) in [7, 11) is -1.42. The van der Waals surface area contributed by atoms with Crippen molar-refractivity contribution < 1.29 is 41.9 Å². The van der Waals surface area contributed by atoms with Crippen molar-refractivity contribution in [1.82, 2.24) is 0 Å². The van der Waals surface area contributed by atoms with Crippen LogP contribution in [0.3, 0.4) is 0 Å². The fraction of sp³-hybridized carbons (Fsp3) is 0.136. The van der Waals surface area contributed by atoms with Gasteiger partial charge in [-0.05, 0) is 60.5 Å². The van der Waals surface area contributed by atoms with E-state index in [1.54, 1.807) is 0 Å². The molecule has 6 aromatic carbocycles. The third-order valence-corrected chi connectivity index (χ3v) is 14.0. The molecule has 7 heteroatoms. The smallest absolute Gasteiger partial charge is 1.00 e. The molecule has 0 N–H and O–H groups in total. The van der Waals surface area contributed by atoms with Crippen molar-refractivity contribution in [3.63, 3.8) is 0 Å². The van der Waals surface area contributed by atoms with Crippen molar-refractivity contribution in [2.24, 2.45) is 9.98 Å². The van der Waals surface area contributed by atoms with Crippen LogP contribution in [0.15, 0.2) is 180 Å². The minimum absolute atomic E-state index is 0. The second kappa shape index (κ2) is 20.6. The van der Waals surface area contributed by atoms with Gasteiger partial charge < -0.3 is 24.8 Å². The van der Waals surface area contributed by atoms with Crippen molar-refractivity contribution in [2.75, 3.05) is 0 Å². The van der Waals surface area contributed by atoms with Crippen LogP contribution in [0.2, 0.25) is 0 Å². The van der Waals surface area contributed by atoms with Gasteiger partial charge in [0.25, 0.3) is 0 Å². The molecule has 7 rings (SSSR count). The van der Waals surface area contributed by atoms with Gasteiger partial charge in [-0.2, -0.15) is 0 Å². The second-order valence-corrected chi connectivity index (χ2v) is 16.5. The van der Waals surface area contributed by atoms with Crippen LogP contribution in [0, 0.1) is 0 Å². The van der Waals surface area contributed by atoms with Gasteiger partial charge >= 0.3 is 17.1 Å². The molecule has 0 aliphatic heterocycles. The van der Waals surface area contributed by atoms with E-state index in [0.29, 0.717) is 0 Å². The van der Waals surface area contributed by atoms with Crippen LogP contribution in [0.4, 0.5) is 0 Å². The molecule has 0 radical (unpaired) electrons. The molecule has 1 fully saturated rings. The quantitative estimate of drug-likeness (QED) is 0.116. The molecule has 1 saturated carbocycles. The van der Waals surface area contributed by atoms with Gasteiger partial charge in [0.2, 0.25) is 0 Å². The number of hydrogen-bond donors (Lipinski definition) is 0. The fourth-order valence-electron chi connectivity index (χ4n) is 6.55. The van der Waals surface area contributed by atoms with E-state index in [0.717, 1.165) is 12.8 Å². The predicted octanol–water partition coefficient (Wildman–Crippen LogP) is 2.06. The Kier molecular flexibility index (Phi) is 16.3. The normalized spacial score (nSPS) is 15.6. The number of rotatable bonds is 10. The van der Waals surface area contributed by atoms with Gasteiger partial charge in [-0.1, -0.05) is 183 Å². The molecular weight excluding hydrogens is 745 g/mol. The average molecular weight is 786 g/mol. The number of benzene rings is 6. The Bertz CT molecular complexity index is 1740. The Morgan fingerprint density at radius 1 is 0.392 bits per heavy atom. The molecule has 0 amide bonds. The number of halogens is 2. The Labute approximate surface area is 328 Å². The number of hydrogen-bond acceptors (Lipinski definition) is 2. The van der Waals surface area contributed by atoms with Crippen LogP contribution in [-0.2, 0) is 17.1 Å². The van der Waals surface area contributed by atoms with Crippen molar-refractivity contribution in [1.29, 1.82) is 0 Å². The Hall–Kier alpha value is -3.38. The first-order valence-electron chi connectivity index (χ1n) is 16.9. The van der Waals surface area contributed by atoms with Crippen LogP contribution < -0.4 is 56.6 Å². The minimum Gasteiger partial charge on any atom is -1.00 e. The van der Waals surface area contributed by atoms with E-state index in [1.165, 1.54) is 55.8 Å². The molecular formula is C44H40Cl2FeN2P2. The Morgan fingerprint density at radius 2 is 0.667 bits per heavy atom. The number of aliphatic imine (C=N–C) groups is 2. The van der Waals surface area contributed by atoms with Gasteiger partial charge in [-0.25, -0.2) is 0 Å². The summed E-state index contributed by atoms with van der Waals surface area (Å²) in [6.07, 6.45) is 8.81. The molecule has 258 valence electrons. The third kappa shape index (κ3) is 10.2. The second-order valence-electron chi connectivity index (χ2n) is 12.1. The van der Waals surface area contributed by atoms with Crippen LogP contribution in [0.1, 0.15) is 36.8 Å². The fourth-order valence-corrected chi connectivity index (χ4v) is 11.4. The minimum atomic E-state index is -0.712. The van der Waals surface area contributed by atoms with Gasteiger partial charge in [-0.15, -0.1) is 0 Å². The Morgan fingerprint density at radius 3 is 0.980 bits per heavy atom. The first-order chi connectivity index (χ1) is 23.8. The van der Waals surface area contributed by atoms with Crippen LogP contribution in [0.5, 0.6) is 0 Å². The van der Waals surface area contributed by atoms with Gasteiger partial charge in [-0.3, -0.25) is 9.98 Å². The van der Waals surface area contributed by atoms with Gasteiger partial charge in [0, 0.05) is 23.6 Å². The summed E-state index contributed by atoms with van der Waals surface area (Å²) in [4.78, 5) is 10.6. The maximum absolute atomic E-state index is 5.31.